The average Bonchev–Trinajstić information content (AvgIpc) is 3.54. The summed E-state index contributed by atoms with van der Waals surface area (Å²) in [5.74, 6) is 0.750. The maximum atomic E-state index is 12.6. The highest BCUT2D eigenvalue weighted by molar-refractivity contribution is 7.92. The summed E-state index contributed by atoms with van der Waals surface area (Å²) < 4.78 is 43.3. The third-order valence-electron chi connectivity index (χ3n) is 4.59. The van der Waals surface area contributed by atoms with Gasteiger partial charge in [0.1, 0.15) is 12.4 Å². The van der Waals surface area contributed by atoms with Crippen LogP contribution in [-0.2, 0) is 26.2 Å². The van der Waals surface area contributed by atoms with Crippen LogP contribution in [0.2, 0.25) is 0 Å². The molecule has 0 saturated carbocycles. The van der Waals surface area contributed by atoms with Gasteiger partial charge in [0, 0.05) is 17.1 Å². The normalized spacial score (nSPS) is 11.4. The summed E-state index contributed by atoms with van der Waals surface area (Å²) in [6.07, 6.45) is 4.39. The molecule has 0 aliphatic heterocycles. The van der Waals surface area contributed by atoms with Crippen molar-refractivity contribution in [2.24, 2.45) is 0 Å². The standard InChI is InChI=1S/C24H20N2O6S2/c1-30-20-9-7-18(8-10-20)26-34(28,29)21-11-4-17(5-12-21)6-13-23(27)32-15-19-16-33-24(25-19)22-3-2-14-31-22/h2-14,16,26H,15H2,1H3/b13-6+. The van der Waals surface area contributed by atoms with Crippen LogP contribution >= 0.6 is 11.3 Å². The van der Waals surface area contributed by atoms with Crippen LogP contribution in [0.3, 0.4) is 0 Å². The van der Waals surface area contributed by atoms with Crippen LogP contribution in [-0.4, -0.2) is 26.5 Å². The molecule has 0 spiro atoms. The second-order valence-electron chi connectivity index (χ2n) is 6.97. The smallest absolute Gasteiger partial charge is 0.331 e. The Hall–Kier alpha value is -3.89. The van der Waals surface area contributed by atoms with E-state index >= 15 is 0 Å². The van der Waals surface area contributed by atoms with E-state index in [2.05, 4.69) is 9.71 Å². The Labute approximate surface area is 200 Å². The highest BCUT2D eigenvalue weighted by Gasteiger charge is 2.14. The van der Waals surface area contributed by atoms with Crippen molar-refractivity contribution >= 4 is 39.1 Å². The predicted octanol–water partition coefficient (Wildman–Crippen LogP) is 4.97. The van der Waals surface area contributed by atoms with Gasteiger partial charge in [-0.2, -0.15) is 0 Å². The lowest BCUT2D eigenvalue weighted by Crippen LogP contribution is -2.12. The average molecular weight is 497 g/mol. The minimum absolute atomic E-state index is 0.0363. The zero-order valence-electron chi connectivity index (χ0n) is 18.0. The predicted molar refractivity (Wildman–Crippen MR) is 129 cm³/mol. The third kappa shape index (κ3) is 5.91. The van der Waals surface area contributed by atoms with Gasteiger partial charge in [-0.05, 0) is 60.2 Å². The molecule has 0 aliphatic rings. The van der Waals surface area contributed by atoms with E-state index in [-0.39, 0.29) is 11.5 Å². The lowest BCUT2D eigenvalue weighted by atomic mass is 10.2. The fourth-order valence-corrected chi connectivity index (χ4v) is 4.70. The number of furan rings is 1. The van der Waals surface area contributed by atoms with Crippen LogP contribution in [0, 0.1) is 0 Å². The van der Waals surface area contributed by atoms with E-state index in [1.165, 1.54) is 36.7 Å². The SMILES string of the molecule is COc1ccc(NS(=O)(=O)c2ccc(/C=C/C(=O)OCc3csc(-c4ccco4)n3)cc2)cc1. The number of hydrogen-bond donors (Lipinski definition) is 1. The molecule has 0 fully saturated rings. The van der Waals surface area contributed by atoms with E-state index < -0.39 is 16.0 Å². The van der Waals surface area contributed by atoms with Crippen molar-refractivity contribution in [1.29, 1.82) is 0 Å². The Kier molecular flexibility index (Phi) is 7.09. The van der Waals surface area contributed by atoms with Crippen molar-refractivity contribution in [2.45, 2.75) is 11.5 Å². The van der Waals surface area contributed by atoms with E-state index in [1.54, 1.807) is 60.2 Å². The number of sulfonamides is 1. The summed E-state index contributed by atoms with van der Waals surface area (Å²) >= 11 is 1.40. The van der Waals surface area contributed by atoms with E-state index in [0.717, 1.165) is 0 Å². The maximum Gasteiger partial charge on any atom is 0.331 e. The highest BCUT2D eigenvalue weighted by atomic mass is 32.2. The molecule has 0 aliphatic carbocycles. The molecule has 0 saturated heterocycles. The number of nitrogens with zero attached hydrogens (tertiary/aromatic N) is 1. The number of aromatic nitrogens is 1. The molecule has 0 amide bonds. The highest BCUT2D eigenvalue weighted by Crippen LogP contribution is 2.24. The quantitative estimate of drug-likeness (QED) is 0.257. The largest absolute Gasteiger partial charge is 0.497 e. The summed E-state index contributed by atoms with van der Waals surface area (Å²) in [5, 5.41) is 2.51. The van der Waals surface area contributed by atoms with Crippen LogP contribution in [0.5, 0.6) is 5.75 Å². The summed E-state index contributed by atoms with van der Waals surface area (Å²) in [6, 6.07) is 16.3. The molecule has 4 rings (SSSR count). The number of carbonyl (C=O) groups is 1. The number of nitrogens with one attached hydrogen (secondary N) is 1. The van der Waals surface area contributed by atoms with Gasteiger partial charge < -0.3 is 13.9 Å². The van der Waals surface area contributed by atoms with Gasteiger partial charge in [-0.15, -0.1) is 11.3 Å². The number of ether oxygens (including phenoxy) is 2. The van der Waals surface area contributed by atoms with Crippen LogP contribution in [0.25, 0.3) is 16.8 Å². The summed E-state index contributed by atoms with van der Waals surface area (Å²) in [7, 11) is -2.22. The van der Waals surface area contributed by atoms with E-state index in [1.807, 2.05) is 6.07 Å². The van der Waals surface area contributed by atoms with Gasteiger partial charge in [0.15, 0.2) is 10.8 Å². The Morgan fingerprint density at radius 1 is 1.12 bits per heavy atom. The molecular formula is C24H20N2O6S2. The number of benzene rings is 2. The summed E-state index contributed by atoms with van der Waals surface area (Å²) in [4.78, 5) is 16.5. The van der Waals surface area contributed by atoms with E-state index in [4.69, 9.17) is 13.9 Å². The minimum Gasteiger partial charge on any atom is -0.497 e. The van der Waals surface area contributed by atoms with Gasteiger partial charge in [0.05, 0.1) is 24.0 Å². The van der Waals surface area contributed by atoms with Crippen molar-refractivity contribution in [1.82, 2.24) is 4.98 Å². The fourth-order valence-electron chi connectivity index (χ4n) is 2.88. The molecule has 2 heterocycles. The second kappa shape index (κ2) is 10.4. The first-order valence-electron chi connectivity index (χ1n) is 10.0. The molecule has 0 radical (unpaired) electrons. The lowest BCUT2D eigenvalue weighted by Gasteiger charge is -2.09. The number of methoxy groups -OCH3 is 1. The molecule has 174 valence electrons. The number of esters is 1. The molecule has 2 aromatic heterocycles. The summed E-state index contributed by atoms with van der Waals surface area (Å²) in [6.45, 7) is 0.0363. The van der Waals surface area contributed by atoms with Crippen LogP contribution in [0.15, 0.2) is 87.7 Å². The van der Waals surface area contributed by atoms with Gasteiger partial charge in [-0.3, -0.25) is 4.72 Å². The molecule has 34 heavy (non-hydrogen) atoms. The first-order chi connectivity index (χ1) is 16.4. The Morgan fingerprint density at radius 2 is 1.88 bits per heavy atom. The Bertz CT molecular complexity index is 1370. The second-order valence-corrected chi connectivity index (χ2v) is 9.51. The first-order valence-corrected chi connectivity index (χ1v) is 12.4. The molecule has 10 heteroatoms. The molecule has 4 aromatic rings. The van der Waals surface area contributed by atoms with Crippen molar-refractivity contribution in [3.63, 3.8) is 0 Å². The molecule has 1 N–H and O–H groups in total. The van der Waals surface area contributed by atoms with Crippen molar-refractivity contribution in [3.8, 4) is 16.5 Å². The van der Waals surface area contributed by atoms with Crippen LogP contribution in [0.4, 0.5) is 5.69 Å². The van der Waals surface area contributed by atoms with Gasteiger partial charge >= 0.3 is 5.97 Å². The zero-order valence-corrected chi connectivity index (χ0v) is 19.6. The minimum atomic E-state index is -3.75. The fraction of sp³-hybridized carbons (Fsp3) is 0.0833. The topological polar surface area (TPSA) is 108 Å². The maximum absolute atomic E-state index is 12.6. The third-order valence-corrected chi connectivity index (χ3v) is 6.89. The number of hydrogen-bond acceptors (Lipinski definition) is 8. The van der Waals surface area contributed by atoms with Crippen molar-refractivity contribution < 1.29 is 27.1 Å². The number of thiazole rings is 1. The molecule has 0 atom stereocenters. The Balaban J connectivity index is 1.31. The summed E-state index contributed by atoms with van der Waals surface area (Å²) in [5.41, 5.74) is 1.69. The number of anilines is 1. The molecular weight excluding hydrogens is 476 g/mol. The first kappa shape index (κ1) is 23.3. The molecule has 0 bridgehead atoms. The molecule has 0 unspecified atom stereocenters. The zero-order chi connectivity index (χ0) is 24.0. The van der Waals surface area contributed by atoms with E-state index in [0.29, 0.717) is 33.5 Å². The molecule has 2 aromatic carbocycles. The van der Waals surface area contributed by atoms with Crippen molar-refractivity contribution in [2.75, 3.05) is 11.8 Å². The van der Waals surface area contributed by atoms with Crippen LogP contribution in [0.1, 0.15) is 11.3 Å². The van der Waals surface area contributed by atoms with Gasteiger partial charge in [0.2, 0.25) is 0 Å². The van der Waals surface area contributed by atoms with Gasteiger partial charge in [-0.25, -0.2) is 18.2 Å². The molecule has 8 nitrogen and oxygen atoms in total. The van der Waals surface area contributed by atoms with Gasteiger partial charge in [0.25, 0.3) is 10.0 Å². The van der Waals surface area contributed by atoms with Crippen molar-refractivity contribution in [3.05, 3.63) is 89.6 Å². The monoisotopic (exact) mass is 496 g/mol. The van der Waals surface area contributed by atoms with Gasteiger partial charge in [-0.1, -0.05) is 12.1 Å². The van der Waals surface area contributed by atoms with Crippen LogP contribution < -0.4 is 9.46 Å². The lowest BCUT2D eigenvalue weighted by molar-refractivity contribution is -0.139. The number of carbonyl (C=O) groups excluding carboxylic acids is 1. The van der Waals surface area contributed by atoms with E-state index in [9.17, 15) is 13.2 Å². The Morgan fingerprint density at radius 3 is 2.56 bits per heavy atom. The number of rotatable bonds is 9.